The highest BCUT2D eigenvalue weighted by atomic mass is 79.9. The average Bonchev–Trinajstić information content (AvgIpc) is 2.20. The molecule has 0 aliphatic heterocycles. The van der Waals surface area contributed by atoms with Crippen LogP contribution in [0.5, 0.6) is 5.75 Å². The van der Waals surface area contributed by atoms with Gasteiger partial charge in [-0.3, -0.25) is 5.32 Å². The second-order valence-electron chi connectivity index (χ2n) is 2.85. The number of amides is 1. The van der Waals surface area contributed by atoms with Gasteiger partial charge in [0.05, 0.1) is 6.61 Å². The minimum Gasteiger partial charge on any atom is -0.494 e. The van der Waals surface area contributed by atoms with Crippen molar-refractivity contribution in [2.75, 3.05) is 17.3 Å². The van der Waals surface area contributed by atoms with Crippen LogP contribution in [0.25, 0.3) is 0 Å². The zero-order chi connectivity index (χ0) is 11.1. The van der Waals surface area contributed by atoms with Gasteiger partial charge in [-0.2, -0.15) is 0 Å². The number of nitrogens with one attached hydrogen (secondary N) is 1. The maximum Gasteiger partial charge on any atom is 0.409 e. The number of alkyl halides is 1. The first-order chi connectivity index (χ1) is 7.22. The van der Waals surface area contributed by atoms with Crippen molar-refractivity contribution < 1.29 is 14.6 Å². The highest BCUT2D eigenvalue weighted by Crippen LogP contribution is 2.15. The van der Waals surface area contributed by atoms with E-state index < -0.39 is 6.09 Å². The van der Waals surface area contributed by atoms with E-state index in [0.29, 0.717) is 12.3 Å². The first-order valence-corrected chi connectivity index (χ1v) is 5.63. The minimum absolute atomic E-state index is 0.537. The van der Waals surface area contributed by atoms with E-state index in [1.807, 2.05) is 0 Å². The molecule has 0 fully saturated rings. The Morgan fingerprint density at radius 2 is 2.07 bits per heavy atom. The highest BCUT2D eigenvalue weighted by Gasteiger charge is 1.98. The van der Waals surface area contributed by atoms with E-state index >= 15 is 0 Å². The fourth-order valence-corrected chi connectivity index (χ4v) is 1.23. The van der Waals surface area contributed by atoms with Gasteiger partial charge in [0.2, 0.25) is 0 Å². The summed E-state index contributed by atoms with van der Waals surface area (Å²) in [6, 6.07) is 6.80. The van der Waals surface area contributed by atoms with Crippen LogP contribution in [-0.2, 0) is 0 Å². The molecule has 15 heavy (non-hydrogen) atoms. The molecule has 0 spiro atoms. The summed E-state index contributed by atoms with van der Waals surface area (Å²) in [6.07, 6.45) is -0.127. The highest BCUT2D eigenvalue weighted by molar-refractivity contribution is 9.09. The molecular formula is C10H12BrNO3. The summed E-state index contributed by atoms with van der Waals surface area (Å²) in [5.74, 6) is 0.742. The van der Waals surface area contributed by atoms with Gasteiger partial charge in [-0.05, 0) is 30.7 Å². The van der Waals surface area contributed by atoms with E-state index in [1.54, 1.807) is 24.3 Å². The minimum atomic E-state index is -1.07. The smallest absolute Gasteiger partial charge is 0.409 e. The molecule has 5 heteroatoms. The monoisotopic (exact) mass is 273 g/mol. The molecule has 1 aromatic carbocycles. The normalized spacial score (nSPS) is 9.67. The van der Waals surface area contributed by atoms with Crippen LogP contribution in [0.15, 0.2) is 24.3 Å². The van der Waals surface area contributed by atoms with Gasteiger partial charge < -0.3 is 9.84 Å². The predicted molar refractivity (Wildman–Crippen MR) is 62.0 cm³/mol. The van der Waals surface area contributed by atoms with Gasteiger partial charge in [0, 0.05) is 11.0 Å². The quantitative estimate of drug-likeness (QED) is 0.641. The molecule has 0 aromatic heterocycles. The van der Waals surface area contributed by atoms with Gasteiger partial charge in [-0.15, -0.1) is 0 Å². The zero-order valence-corrected chi connectivity index (χ0v) is 9.66. The molecule has 1 rings (SSSR count). The zero-order valence-electron chi connectivity index (χ0n) is 8.07. The SMILES string of the molecule is O=C(O)Nc1ccc(OCCCBr)cc1. The summed E-state index contributed by atoms with van der Waals surface area (Å²) >= 11 is 3.31. The molecule has 82 valence electrons. The summed E-state index contributed by atoms with van der Waals surface area (Å²) in [7, 11) is 0. The fraction of sp³-hybridized carbons (Fsp3) is 0.300. The largest absolute Gasteiger partial charge is 0.494 e. The Bertz CT molecular complexity index is 313. The molecule has 0 atom stereocenters. The lowest BCUT2D eigenvalue weighted by Gasteiger charge is -2.05. The molecule has 0 aliphatic rings. The third-order valence-corrected chi connectivity index (χ3v) is 2.21. The maximum absolute atomic E-state index is 10.3. The molecule has 1 amide bonds. The van der Waals surface area contributed by atoms with Crippen LogP contribution in [0, 0.1) is 0 Å². The van der Waals surface area contributed by atoms with Crippen LogP contribution in [0.1, 0.15) is 6.42 Å². The third-order valence-electron chi connectivity index (χ3n) is 1.65. The molecule has 0 saturated heterocycles. The van der Waals surface area contributed by atoms with Crippen molar-refractivity contribution in [1.82, 2.24) is 0 Å². The number of hydrogen-bond donors (Lipinski definition) is 2. The molecule has 2 N–H and O–H groups in total. The summed E-state index contributed by atoms with van der Waals surface area (Å²) < 4.78 is 5.40. The van der Waals surface area contributed by atoms with Gasteiger partial charge in [0.25, 0.3) is 0 Å². The van der Waals surface area contributed by atoms with Crippen molar-refractivity contribution in [3.63, 3.8) is 0 Å². The average molecular weight is 274 g/mol. The van der Waals surface area contributed by atoms with Crippen LogP contribution in [0.4, 0.5) is 10.5 Å². The number of halogens is 1. The molecule has 4 nitrogen and oxygen atoms in total. The molecular weight excluding hydrogens is 262 g/mol. The van der Waals surface area contributed by atoms with E-state index in [9.17, 15) is 4.79 Å². The Balaban J connectivity index is 2.45. The first-order valence-electron chi connectivity index (χ1n) is 4.51. The van der Waals surface area contributed by atoms with Gasteiger partial charge in [0.1, 0.15) is 5.75 Å². The molecule has 0 aliphatic carbocycles. The number of anilines is 1. The molecule has 0 unspecified atom stereocenters. The lowest BCUT2D eigenvalue weighted by atomic mass is 10.3. The van der Waals surface area contributed by atoms with Crippen molar-refractivity contribution in [3.8, 4) is 5.75 Å². The topological polar surface area (TPSA) is 58.6 Å². The summed E-state index contributed by atoms with van der Waals surface area (Å²) in [4.78, 5) is 10.3. The maximum atomic E-state index is 10.3. The van der Waals surface area contributed by atoms with Gasteiger partial charge in [-0.1, -0.05) is 15.9 Å². The predicted octanol–water partition coefficient (Wildman–Crippen LogP) is 2.94. The molecule has 1 aromatic rings. The third kappa shape index (κ3) is 4.69. The number of rotatable bonds is 5. The van der Waals surface area contributed by atoms with Crippen molar-refractivity contribution in [1.29, 1.82) is 0 Å². The van der Waals surface area contributed by atoms with Crippen molar-refractivity contribution in [2.24, 2.45) is 0 Å². The Morgan fingerprint density at radius 1 is 1.40 bits per heavy atom. The van der Waals surface area contributed by atoms with Gasteiger partial charge in [-0.25, -0.2) is 4.79 Å². The van der Waals surface area contributed by atoms with E-state index in [2.05, 4.69) is 21.2 Å². The summed E-state index contributed by atoms with van der Waals surface area (Å²) in [5.41, 5.74) is 0.537. The molecule has 0 heterocycles. The number of carbonyl (C=O) groups is 1. The Hall–Kier alpha value is -1.23. The number of benzene rings is 1. The number of carboxylic acid groups (broad SMARTS) is 1. The lowest BCUT2D eigenvalue weighted by molar-refractivity contribution is 0.209. The van der Waals surface area contributed by atoms with Gasteiger partial charge in [0.15, 0.2) is 0 Å². The molecule has 0 bridgehead atoms. The van der Waals surface area contributed by atoms with Crippen LogP contribution in [0.3, 0.4) is 0 Å². The second-order valence-corrected chi connectivity index (χ2v) is 3.64. The standard InChI is InChI=1S/C10H12BrNO3/c11-6-1-7-15-9-4-2-8(3-5-9)12-10(13)14/h2-5,12H,1,6-7H2,(H,13,14). The molecule has 0 saturated carbocycles. The van der Waals surface area contributed by atoms with E-state index in [0.717, 1.165) is 17.5 Å². The van der Waals surface area contributed by atoms with Crippen LogP contribution in [0.2, 0.25) is 0 Å². The van der Waals surface area contributed by atoms with E-state index in [1.165, 1.54) is 0 Å². The Labute approximate surface area is 96.4 Å². The lowest BCUT2D eigenvalue weighted by Crippen LogP contribution is -2.06. The molecule has 0 radical (unpaired) electrons. The Morgan fingerprint density at radius 3 is 2.60 bits per heavy atom. The van der Waals surface area contributed by atoms with Crippen LogP contribution < -0.4 is 10.1 Å². The van der Waals surface area contributed by atoms with E-state index in [4.69, 9.17) is 9.84 Å². The summed E-state index contributed by atoms with van der Waals surface area (Å²) in [6.45, 7) is 0.650. The Kier molecular flexibility index (Phi) is 4.97. The van der Waals surface area contributed by atoms with Crippen LogP contribution >= 0.6 is 15.9 Å². The van der Waals surface area contributed by atoms with E-state index in [-0.39, 0.29) is 0 Å². The number of hydrogen-bond acceptors (Lipinski definition) is 2. The van der Waals surface area contributed by atoms with Crippen molar-refractivity contribution in [2.45, 2.75) is 6.42 Å². The fourth-order valence-electron chi connectivity index (χ4n) is 1.00. The first kappa shape index (κ1) is 11.8. The summed E-state index contributed by atoms with van der Waals surface area (Å²) in [5, 5.41) is 11.6. The van der Waals surface area contributed by atoms with Crippen molar-refractivity contribution in [3.05, 3.63) is 24.3 Å². The number of ether oxygens (including phenoxy) is 1. The van der Waals surface area contributed by atoms with Gasteiger partial charge >= 0.3 is 6.09 Å². The second kappa shape index (κ2) is 6.29. The van der Waals surface area contributed by atoms with Crippen molar-refractivity contribution >= 4 is 27.7 Å². The van der Waals surface area contributed by atoms with Crippen LogP contribution in [-0.4, -0.2) is 23.1 Å².